The molecule has 0 bridgehead atoms. The maximum atomic E-state index is 12.6. The molecule has 1 saturated carbocycles. The number of aromatic amines is 1. The van der Waals surface area contributed by atoms with Crippen molar-refractivity contribution in [1.82, 2.24) is 20.0 Å². The van der Waals surface area contributed by atoms with Gasteiger partial charge in [-0.3, -0.25) is 4.79 Å². The van der Waals surface area contributed by atoms with Crippen molar-refractivity contribution in [1.29, 1.82) is 0 Å². The molecule has 4 heterocycles. The summed E-state index contributed by atoms with van der Waals surface area (Å²) < 4.78 is 5.26. The molecule has 0 saturated heterocycles. The van der Waals surface area contributed by atoms with Crippen molar-refractivity contribution in [2.75, 3.05) is 13.1 Å². The average Bonchev–Trinajstić information content (AvgIpc) is 3.23. The van der Waals surface area contributed by atoms with Crippen molar-refractivity contribution in [2.45, 2.75) is 25.2 Å². The lowest BCUT2D eigenvalue weighted by molar-refractivity contribution is 0.0731. The number of nitrogens with zero attached hydrogens (tertiary/aromatic N) is 3. The van der Waals surface area contributed by atoms with Crippen molar-refractivity contribution in [3.05, 3.63) is 53.7 Å². The number of hydrogen-bond donors (Lipinski definition) is 1. The standard InChI is InChI=1S/C19H18N4O2/c24-19(17-10-16(22-25-17)13-3-4-13)23-8-5-12(6-9-23)15-11-21-18-14(15)2-1-7-20-18/h1-2,5,7,10-11,13H,3-4,6,8-9H2,(H,20,21). The van der Waals surface area contributed by atoms with E-state index in [0.29, 0.717) is 24.8 Å². The minimum absolute atomic E-state index is 0.0738. The van der Waals surface area contributed by atoms with Crippen LogP contribution in [-0.2, 0) is 0 Å². The molecule has 3 aromatic heterocycles. The topological polar surface area (TPSA) is 75.0 Å². The fraction of sp³-hybridized carbons (Fsp3) is 0.316. The van der Waals surface area contributed by atoms with Crippen LogP contribution >= 0.6 is 0 Å². The fourth-order valence-electron chi connectivity index (χ4n) is 3.44. The smallest absolute Gasteiger partial charge is 0.292 e. The largest absolute Gasteiger partial charge is 0.351 e. The number of fused-ring (bicyclic) bond motifs is 1. The molecule has 1 aliphatic heterocycles. The number of carbonyl (C=O) groups excluding carboxylic acids is 1. The Bertz CT molecular complexity index is 980. The predicted octanol–water partition coefficient (Wildman–Crippen LogP) is 3.36. The van der Waals surface area contributed by atoms with Gasteiger partial charge in [0.05, 0.1) is 5.69 Å². The van der Waals surface area contributed by atoms with Crippen LogP contribution in [0.4, 0.5) is 0 Å². The molecule has 2 aliphatic rings. The van der Waals surface area contributed by atoms with Gasteiger partial charge in [-0.1, -0.05) is 11.2 Å². The molecule has 0 atom stereocenters. The van der Waals surface area contributed by atoms with Gasteiger partial charge in [-0.05, 0) is 37.0 Å². The van der Waals surface area contributed by atoms with Gasteiger partial charge < -0.3 is 14.4 Å². The van der Waals surface area contributed by atoms with Gasteiger partial charge in [0.2, 0.25) is 5.76 Å². The molecule has 1 N–H and O–H groups in total. The van der Waals surface area contributed by atoms with E-state index >= 15 is 0 Å². The van der Waals surface area contributed by atoms with Crippen LogP contribution in [0.5, 0.6) is 0 Å². The highest BCUT2D eigenvalue weighted by Crippen LogP contribution is 2.39. The molecule has 6 heteroatoms. The Hall–Kier alpha value is -2.89. The molecule has 3 aromatic rings. The van der Waals surface area contributed by atoms with Gasteiger partial charge in [-0.2, -0.15) is 0 Å². The van der Waals surface area contributed by atoms with Gasteiger partial charge in [0.15, 0.2) is 0 Å². The first-order chi connectivity index (χ1) is 12.3. The molecular formula is C19H18N4O2. The lowest BCUT2D eigenvalue weighted by Crippen LogP contribution is -2.34. The van der Waals surface area contributed by atoms with E-state index in [9.17, 15) is 4.79 Å². The molecule has 126 valence electrons. The van der Waals surface area contributed by atoms with Crippen LogP contribution < -0.4 is 0 Å². The molecule has 0 spiro atoms. The first kappa shape index (κ1) is 14.5. The Morgan fingerprint density at radius 1 is 1.36 bits per heavy atom. The van der Waals surface area contributed by atoms with Crippen molar-refractivity contribution < 1.29 is 9.32 Å². The van der Waals surface area contributed by atoms with Crippen LogP contribution in [0.2, 0.25) is 0 Å². The summed E-state index contributed by atoms with van der Waals surface area (Å²) in [5, 5.41) is 5.16. The van der Waals surface area contributed by atoms with Crippen molar-refractivity contribution in [2.24, 2.45) is 0 Å². The summed E-state index contributed by atoms with van der Waals surface area (Å²) in [6.07, 6.45) is 9.02. The number of carbonyl (C=O) groups is 1. The van der Waals surface area contributed by atoms with Crippen LogP contribution in [-0.4, -0.2) is 39.0 Å². The first-order valence-electron chi connectivity index (χ1n) is 8.67. The molecule has 6 nitrogen and oxygen atoms in total. The van der Waals surface area contributed by atoms with E-state index in [1.165, 1.54) is 11.1 Å². The summed E-state index contributed by atoms with van der Waals surface area (Å²) in [7, 11) is 0. The summed E-state index contributed by atoms with van der Waals surface area (Å²) in [4.78, 5) is 22.0. The number of hydrogen-bond acceptors (Lipinski definition) is 4. The van der Waals surface area contributed by atoms with E-state index in [-0.39, 0.29) is 5.91 Å². The van der Waals surface area contributed by atoms with E-state index in [4.69, 9.17) is 4.52 Å². The Morgan fingerprint density at radius 3 is 3.08 bits per heavy atom. The highest BCUT2D eigenvalue weighted by atomic mass is 16.5. The number of amides is 1. The number of nitrogens with one attached hydrogen (secondary N) is 1. The minimum atomic E-state index is -0.0738. The maximum absolute atomic E-state index is 12.6. The molecular weight excluding hydrogens is 316 g/mol. The zero-order valence-corrected chi connectivity index (χ0v) is 13.7. The normalized spacial score (nSPS) is 17.8. The number of aromatic nitrogens is 3. The lowest BCUT2D eigenvalue weighted by atomic mass is 9.99. The van der Waals surface area contributed by atoms with Gasteiger partial charge in [0.1, 0.15) is 5.65 Å². The number of H-pyrrole nitrogens is 1. The summed E-state index contributed by atoms with van der Waals surface area (Å²) in [5.41, 5.74) is 4.24. The molecule has 1 amide bonds. The molecule has 1 aliphatic carbocycles. The van der Waals surface area contributed by atoms with Crippen molar-refractivity contribution in [3.63, 3.8) is 0 Å². The molecule has 0 radical (unpaired) electrons. The van der Waals surface area contributed by atoms with Gasteiger partial charge >= 0.3 is 0 Å². The highest BCUT2D eigenvalue weighted by Gasteiger charge is 2.30. The van der Waals surface area contributed by atoms with Crippen LogP contribution in [0.3, 0.4) is 0 Å². The van der Waals surface area contributed by atoms with Gasteiger partial charge in [0.25, 0.3) is 5.91 Å². The molecule has 5 rings (SSSR count). The zero-order chi connectivity index (χ0) is 16.8. The van der Waals surface area contributed by atoms with E-state index in [1.807, 2.05) is 23.2 Å². The van der Waals surface area contributed by atoms with E-state index < -0.39 is 0 Å². The third-order valence-electron chi connectivity index (χ3n) is 5.03. The van der Waals surface area contributed by atoms with Crippen molar-refractivity contribution >= 4 is 22.5 Å². The van der Waals surface area contributed by atoms with Crippen LogP contribution in [0.25, 0.3) is 16.6 Å². The number of rotatable bonds is 3. The second-order valence-electron chi connectivity index (χ2n) is 6.72. The fourth-order valence-corrected chi connectivity index (χ4v) is 3.44. The Labute approximate surface area is 144 Å². The van der Waals surface area contributed by atoms with Crippen LogP contribution in [0.1, 0.15) is 47.0 Å². The average molecular weight is 334 g/mol. The number of pyridine rings is 1. The van der Waals surface area contributed by atoms with Crippen LogP contribution in [0.15, 0.2) is 41.2 Å². The third kappa shape index (κ3) is 2.54. The van der Waals surface area contributed by atoms with Crippen molar-refractivity contribution in [3.8, 4) is 0 Å². The van der Waals surface area contributed by atoms with Gasteiger partial charge in [0, 0.05) is 48.4 Å². The molecule has 1 fully saturated rings. The quantitative estimate of drug-likeness (QED) is 0.797. The molecule has 25 heavy (non-hydrogen) atoms. The highest BCUT2D eigenvalue weighted by molar-refractivity contribution is 5.94. The van der Waals surface area contributed by atoms with E-state index in [1.54, 1.807) is 6.20 Å². The van der Waals surface area contributed by atoms with Gasteiger partial charge in [-0.15, -0.1) is 0 Å². The minimum Gasteiger partial charge on any atom is -0.351 e. The zero-order valence-electron chi connectivity index (χ0n) is 13.7. The molecule has 0 unspecified atom stereocenters. The summed E-state index contributed by atoms with van der Waals surface area (Å²) in [6.45, 7) is 1.26. The summed E-state index contributed by atoms with van der Waals surface area (Å²) in [6, 6.07) is 5.82. The maximum Gasteiger partial charge on any atom is 0.292 e. The predicted molar refractivity (Wildman–Crippen MR) is 93.1 cm³/mol. The monoisotopic (exact) mass is 334 g/mol. The second kappa shape index (κ2) is 5.58. The molecule has 0 aromatic carbocycles. The Balaban J connectivity index is 1.34. The SMILES string of the molecule is O=C(c1cc(C2CC2)no1)N1CC=C(c2c[nH]c3ncccc23)CC1. The van der Waals surface area contributed by atoms with Gasteiger partial charge in [-0.25, -0.2) is 4.98 Å². The van der Waals surface area contributed by atoms with E-state index in [2.05, 4.69) is 27.3 Å². The first-order valence-corrected chi connectivity index (χ1v) is 8.67. The summed E-state index contributed by atoms with van der Waals surface area (Å²) >= 11 is 0. The Morgan fingerprint density at radius 2 is 2.28 bits per heavy atom. The van der Waals surface area contributed by atoms with Crippen LogP contribution in [0, 0.1) is 0 Å². The lowest BCUT2D eigenvalue weighted by Gasteiger charge is -2.25. The van der Waals surface area contributed by atoms with E-state index in [0.717, 1.165) is 36.0 Å². The Kier molecular flexibility index (Phi) is 3.23. The summed E-state index contributed by atoms with van der Waals surface area (Å²) in [5.74, 6) is 0.777. The third-order valence-corrected chi connectivity index (χ3v) is 5.03. The second-order valence-corrected chi connectivity index (χ2v) is 6.72.